The van der Waals surface area contributed by atoms with Gasteiger partial charge in [-0.3, -0.25) is 4.79 Å². The van der Waals surface area contributed by atoms with Crippen molar-refractivity contribution < 1.29 is 9.53 Å². The number of nitrogens with zero attached hydrogens (tertiary/aromatic N) is 1. The fourth-order valence-electron chi connectivity index (χ4n) is 3.18. The van der Waals surface area contributed by atoms with Gasteiger partial charge in [-0.25, -0.2) is 0 Å². The quantitative estimate of drug-likeness (QED) is 0.566. The molecule has 4 nitrogen and oxygen atoms in total. The standard InChI is InChI=1S/C23H26N2O2S/c1-4-18-8-5-7-17(2)23(18)24-22(26)16-25(15-21-9-6-14-28-21)19-10-12-20(27-3)13-11-19/h5-14H,4,15-16H2,1-3H3,(H,24,26). The third kappa shape index (κ3) is 4.93. The third-order valence-corrected chi connectivity index (χ3v) is 5.56. The molecule has 3 rings (SSSR count). The van der Waals surface area contributed by atoms with E-state index in [1.807, 2.05) is 49.4 Å². The SMILES string of the molecule is CCc1cccc(C)c1NC(=O)CN(Cc1cccs1)c1ccc(OC)cc1. The average molecular weight is 395 g/mol. The molecule has 3 aromatic rings. The Balaban J connectivity index is 1.79. The predicted molar refractivity (Wildman–Crippen MR) is 118 cm³/mol. The number of hydrogen-bond acceptors (Lipinski definition) is 4. The van der Waals surface area contributed by atoms with Gasteiger partial charge >= 0.3 is 0 Å². The Morgan fingerprint density at radius 2 is 1.89 bits per heavy atom. The summed E-state index contributed by atoms with van der Waals surface area (Å²) in [6.07, 6.45) is 0.884. The van der Waals surface area contributed by atoms with Crippen LogP contribution in [0, 0.1) is 6.92 Å². The topological polar surface area (TPSA) is 41.6 Å². The summed E-state index contributed by atoms with van der Waals surface area (Å²) >= 11 is 1.70. The fourth-order valence-corrected chi connectivity index (χ4v) is 3.90. The number of anilines is 2. The molecule has 0 aliphatic carbocycles. The van der Waals surface area contributed by atoms with Crippen molar-refractivity contribution in [2.75, 3.05) is 23.9 Å². The van der Waals surface area contributed by atoms with Gasteiger partial charge in [-0.15, -0.1) is 11.3 Å². The van der Waals surface area contributed by atoms with Crippen LogP contribution >= 0.6 is 11.3 Å². The molecule has 0 atom stereocenters. The summed E-state index contributed by atoms with van der Waals surface area (Å²) in [5.74, 6) is 0.785. The number of aryl methyl sites for hydroxylation is 2. The number of thiophene rings is 1. The van der Waals surface area contributed by atoms with E-state index in [1.165, 1.54) is 4.88 Å². The first kappa shape index (κ1) is 20.0. The second-order valence-electron chi connectivity index (χ2n) is 6.64. The molecule has 0 aliphatic heterocycles. The summed E-state index contributed by atoms with van der Waals surface area (Å²) in [6.45, 7) is 5.10. The van der Waals surface area contributed by atoms with Crippen LogP contribution in [-0.4, -0.2) is 19.6 Å². The lowest BCUT2D eigenvalue weighted by Crippen LogP contribution is -2.33. The third-order valence-electron chi connectivity index (χ3n) is 4.70. The van der Waals surface area contributed by atoms with Crippen LogP contribution < -0.4 is 15.0 Å². The lowest BCUT2D eigenvalue weighted by Gasteiger charge is -2.24. The summed E-state index contributed by atoms with van der Waals surface area (Å²) in [5.41, 5.74) is 4.16. The van der Waals surface area contributed by atoms with Crippen LogP contribution in [0.1, 0.15) is 22.9 Å². The van der Waals surface area contributed by atoms with E-state index in [0.717, 1.165) is 34.7 Å². The number of carbonyl (C=O) groups excluding carboxylic acids is 1. The Morgan fingerprint density at radius 3 is 2.54 bits per heavy atom. The lowest BCUT2D eigenvalue weighted by atomic mass is 10.1. The maximum atomic E-state index is 12.9. The predicted octanol–water partition coefficient (Wildman–Crippen LogP) is 5.27. The van der Waals surface area contributed by atoms with Crippen LogP contribution in [0.5, 0.6) is 5.75 Å². The highest BCUT2D eigenvalue weighted by Gasteiger charge is 2.15. The van der Waals surface area contributed by atoms with Crippen LogP contribution in [0.15, 0.2) is 60.0 Å². The van der Waals surface area contributed by atoms with Gasteiger partial charge in [0.1, 0.15) is 5.75 Å². The maximum Gasteiger partial charge on any atom is 0.243 e. The zero-order chi connectivity index (χ0) is 19.9. The molecule has 2 aromatic carbocycles. The Morgan fingerprint density at radius 1 is 1.11 bits per heavy atom. The van der Waals surface area contributed by atoms with E-state index in [4.69, 9.17) is 4.74 Å². The van der Waals surface area contributed by atoms with Crippen molar-refractivity contribution in [2.24, 2.45) is 0 Å². The zero-order valence-electron chi connectivity index (χ0n) is 16.6. The van der Waals surface area contributed by atoms with Gasteiger partial charge in [0, 0.05) is 16.3 Å². The van der Waals surface area contributed by atoms with Gasteiger partial charge in [0.25, 0.3) is 0 Å². The normalized spacial score (nSPS) is 10.5. The number of rotatable bonds is 8. The van der Waals surface area contributed by atoms with Gasteiger partial charge in [-0.1, -0.05) is 31.2 Å². The molecule has 1 amide bonds. The van der Waals surface area contributed by atoms with Crippen molar-refractivity contribution in [2.45, 2.75) is 26.8 Å². The van der Waals surface area contributed by atoms with Crippen LogP contribution in [0.25, 0.3) is 0 Å². The molecule has 1 heterocycles. The largest absolute Gasteiger partial charge is 0.497 e. The number of nitrogens with one attached hydrogen (secondary N) is 1. The van der Waals surface area contributed by atoms with Gasteiger partial charge in [-0.05, 0) is 60.2 Å². The Kier molecular flexibility index (Phi) is 6.71. The van der Waals surface area contributed by atoms with Crippen molar-refractivity contribution in [3.05, 3.63) is 76.0 Å². The zero-order valence-corrected chi connectivity index (χ0v) is 17.4. The highest BCUT2D eigenvalue weighted by atomic mass is 32.1. The molecule has 0 spiro atoms. The molecule has 0 fully saturated rings. The average Bonchev–Trinajstić information content (AvgIpc) is 3.22. The molecule has 0 aliphatic rings. The van der Waals surface area contributed by atoms with Gasteiger partial charge in [0.05, 0.1) is 20.2 Å². The Hall–Kier alpha value is -2.79. The van der Waals surface area contributed by atoms with E-state index in [2.05, 4.69) is 34.7 Å². The molecule has 1 aromatic heterocycles. The molecule has 1 N–H and O–H groups in total. The molecular formula is C23H26N2O2S. The summed E-state index contributed by atoms with van der Waals surface area (Å²) in [6, 6.07) is 18.1. The molecule has 28 heavy (non-hydrogen) atoms. The van der Waals surface area contributed by atoms with Crippen LogP contribution in [0.2, 0.25) is 0 Å². The minimum absolute atomic E-state index is 0.0172. The molecule has 0 saturated carbocycles. The fraction of sp³-hybridized carbons (Fsp3) is 0.261. The molecule has 0 radical (unpaired) electrons. The summed E-state index contributed by atoms with van der Waals surface area (Å²) in [5, 5.41) is 5.19. The van der Waals surface area contributed by atoms with Crippen LogP contribution in [0.3, 0.4) is 0 Å². The minimum atomic E-state index is -0.0172. The highest BCUT2D eigenvalue weighted by Crippen LogP contribution is 2.24. The van der Waals surface area contributed by atoms with Crippen LogP contribution in [0.4, 0.5) is 11.4 Å². The number of methoxy groups -OCH3 is 1. The first-order valence-corrected chi connectivity index (χ1v) is 10.3. The molecule has 0 unspecified atom stereocenters. The number of benzene rings is 2. The number of hydrogen-bond donors (Lipinski definition) is 1. The van der Waals surface area contributed by atoms with E-state index in [9.17, 15) is 4.79 Å². The second-order valence-corrected chi connectivity index (χ2v) is 7.68. The Labute approximate surface area is 170 Å². The van der Waals surface area contributed by atoms with E-state index in [-0.39, 0.29) is 12.5 Å². The van der Waals surface area contributed by atoms with E-state index in [1.54, 1.807) is 18.4 Å². The number of carbonyl (C=O) groups is 1. The molecule has 0 bridgehead atoms. The number of ether oxygens (including phenoxy) is 1. The summed E-state index contributed by atoms with van der Waals surface area (Å²) < 4.78 is 5.26. The lowest BCUT2D eigenvalue weighted by molar-refractivity contribution is -0.115. The Bertz CT molecular complexity index is 905. The molecular weight excluding hydrogens is 368 g/mol. The van der Waals surface area contributed by atoms with Crippen molar-refractivity contribution in [3.63, 3.8) is 0 Å². The first-order chi connectivity index (χ1) is 13.6. The van der Waals surface area contributed by atoms with Crippen molar-refractivity contribution in [1.82, 2.24) is 0 Å². The summed E-state index contributed by atoms with van der Waals surface area (Å²) in [4.78, 5) is 16.2. The molecule has 5 heteroatoms. The van der Waals surface area contributed by atoms with E-state index >= 15 is 0 Å². The summed E-state index contributed by atoms with van der Waals surface area (Å²) in [7, 11) is 1.65. The monoisotopic (exact) mass is 394 g/mol. The maximum absolute atomic E-state index is 12.9. The van der Waals surface area contributed by atoms with Gasteiger partial charge in [0.2, 0.25) is 5.91 Å². The second kappa shape index (κ2) is 9.42. The van der Waals surface area contributed by atoms with Crippen molar-refractivity contribution in [1.29, 1.82) is 0 Å². The molecule has 0 saturated heterocycles. The van der Waals surface area contributed by atoms with E-state index < -0.39 is 0 Å². The smallest absolute Gasteiger partial charge is 0.243 e. The van der Waals surface area contributed by atoms with Gasteiger partial charge < -0.3 is 15.0 Å². The highest BCUT2D eigenvalue weighted by molar-refractivity contribution is 7.09. The van der Waals surface area contributed by atoms with Crippen LogP contribution in [-0.2, 0) is 17.8 Å². The van der Waals surface area contributed by atoms with Crippen molar-refractivity contribution >= 4 is 28.6 Å². The minimum Gasteiger partial charge on any atom is -0.497 e. The molecule has 146 valence electrons. The first-order valence-electron chi connectivity index (χ1n) is 9.40. The van der Waals surface area contributed by atoms with Gasteiger partial charge in [0.15, 0.2) is 0 Å². The number of amides is 1. The van der Waals surface area contributed by atoms with Gasteiger partial charge in [-0.2, -0.15) is 0 Å². The number of para-hydroxylation sites is 1. The van der Waals surface area contributed by atoms with E-state index in [0.29, 0.717) is 6.54 Å². The van der Waals surface area contributed by atoms with Crippen molar-refractivity contribution in [3.8, 4) is 5.75 Å².